The number of hydrogen-bond donors (Lipinski definition) is 1. The van der Waals surface area contributed by atoms with E-state index in [1.807, 2.05) is 0 Å². The quantitative estimate of drug-likeness (QED) is 0.737. The van der Waals surface area contributed by atoms with Crippen molar-refractivity contribution in [3.8, 4) is 0 Å². The first kappa shape index (κ1) is 11.9. The molecule has 0 amide bonds. The standard InChI is InChI=1S/C12H21NO3/c13-9-12(5-7-15-8-6-12)11(14)16-10-3-1-2-4-10/h10H,1-9,13H2. The van der Waals surface area contributed by atoms with Crippen LogP contribution < -0.4 is 5.73 Å². The van der Waals surface area contributed by atoms with Crippen LogP contribution in [0.25, 0.3) is 0 Å². The third kappa shape index (κ3) is 2.38. The zero-order valence-electron chi connectivity index (χ0n) is 9.74. The molecule has 0 atom stereocenters. The molecule has 92 valence electrons. The van der Waals surface area contributed by atoms with Gasteiger partial charge in [0, 0.05) is 19.8 Å². The Morgan fingerprint density at radius 3 is 2.50 bits per heavy atom. The molecule has 2 N–H and O–H groups in total. The lowest BCUT2D eigenvalue weighted by Gasteiger charge is -2.34. The van der Waals surface area contributed by atoms with Crippen molar-refractivity contribution in [2.75, 3.05) is 19.8 Å². The van der Waals surface area contributed by atoms with E-state index in [0.717, 1.165) is 12.8 Å². The monoisotopic (exact) mass is 227 g/mol. The van der Waals surface area contributed by atoms with Crippen molar-refractivity contribution in [3.05, 3.63) is 0 Å². The Labute approximate surface area is 96.5 Å². The molecule has 0 aromatic rings. The summed E-state index contributed by atoms with van der Waals surface area (Å²) in [7, 11) is 0. The second-order valence-corrected chi connectivity index (χ2v) is 4.91. The van der Waals surface area contributed by atoms with E-state index in [1.54, 1.807) is 0 Å². The van der Waals surface area contributed by atoms with Crippen molar-refractivity contribution in [3.63, 3.8) is 0 Å². The predicted molar refractivity (Wildman–Crippen MR) is 59.9 cm³/mol. The van der Waals surface area contributed by atoms with E-state index < -0.39 is 5.41 Å². The molecule has 1 aliphatic heterocycles. The molecule has 1 saturated heterocycles. The molecular formula is C12H21NO3. The normalized spacial score (nSPS) is 25.6. The molecule has 0 aromatic heterocycles. The summed E-state index contributed by atoms with van der Waals surface area (Å²) in [6, 6.07) is 0. The highest BCUT2D eigenvalue weighted by molar-refractivity contribution is 5.77. The van der Waals surface area contributed by atoms with Crippen molar-refractivity contribution in [2.24, 2.45) is 11.1 Å². The number of carbonyl (C=O) groups excluding carboxylic acids is 1. The molecule has 2 fully saturated rings. The number of carbonyl (C=O) groups is 1. The van der Waals surface area contributed by atoms with E-state index >= 15 is 0 Å². The third-order valence-electron chi connectivity index (χ3n) is 3.85. The summed E-state index contributed by atoms with van der Waals surface area (Å²) in [5, 5.41) is 0. The second kappa shape index (κ2) is 5.15. The zero-order valence-corrected chi connectivity index (χ0v) is 9.74. The average molecular weight is 227 g/mol. The molecule has 0 aromatic carbocycles. The SMILES string of the molecule is NCC1(C(=O)OC2CCCC2)CCOCC1. The van der Waals surface area contributed by atoms with Gasteiger partial charge >= 0.3 is 5.97 Å². The van der Waals surface area contributed by atoms with Gasteiger partial charge in [0.2, 0.25) is 0 Å². The van der Waals surface area contributed by atoms with Gasteiger partial charge in [-0.25, -0.2) is 0 Å². The Morgan fingerprint density at radius 2 is 1.94 bits per heavy atom. The minimum absolute atomic E-state index is 0.0924. The Bertz CT molecular complexity index is 243. The molecule has 0 unspecified atom stereocenters. The van der Waals surface area contributed by atoms with Crippen LogP contribution in [0.5, 0.6) is 0 Å². The first-order chi connectivity index (χ1) is 7.77. The van der Waals surface area contributed by atoms with Crippen molar-refractivity contribution < 1.29 is 14.3 Å². The van der Waals surface area contributed by atoms with Crippen LogP contribution in [0.2, 0.25) is 0 Å². The summed E-state index contributed by atoms with van der Waals surface area (Å²) in [6.45, 7) is 1.62. The zero-order chi connectivity index (χ0) is 11.4. The number of ether oxygens (including phenoxy) is 2. The maximum Gasteiger partial charge on any atom is 0.313 e. The van der Waals surface area contributed by atoms with Crippen molar-refractivity contribution in [2.45, 2.75) is 44.6 Å². The molecule has 1 aliphatic carbocycles. The molecule has 1 saturated carbocycles. The summed E-state index contributed by atoms with van der Waals surface area (Å²) in [5.41, 5.74) is 5.29. The largest absolute Gasteiger partial charge is 0.462 e. The lowest BCUT2D eigenvalue weighted by Crippen LogP contribution is -2.45. The Hall–Kier alpha value is -0.610. The predicted octanol–water partition coefficient (Wildman–Crippen LogP) is 1.23. The lowest BCUT2D eigenvalue weighted by atomic mass is 9.80. The fourth-order valence-electron chi connectivity index (χ4n) is 2.54. The van der Waals surface area contributed by atoms with Gasteiger partial charge in [0.15, 0.2) is 0 Å². The molecule has 2 rings (SSSR count). The maximum absolute atomic E-state index is 12.1. The van der Waals surface area contributed by atoms with Crippen LogP contribution in [0.15, 0.2) is 0 Å². The fourth-order valence-corrected chi connectivity index (χ4v) is 2.54. The highest BCUT2D eigenvalue weighted by Crippen LogP contribution is 2.33. The van der Waals surface area contributed by atoms with Crippen molar-refractivity contribution >= 4 is 5.97 Å². The van der Waals surface area contributed by atoms with E-state index in [9.17, 15) is 4.79 Å². The van der Waals surface area contributed by atoms with Crippen LogP contribution in [0.4, 0.5) is 0 Å². The summed E-state index contributed by atoms with van der Waals surface area (Å²) >= 11 is 0. The Kier molecular flexibility index (Phi) is 3.82. The summed E-state index contributed by atoms with van der Waals surface area (Å²) < 4.78 is 10.9. The smallest absolute Gasteiger partial charge is 0.313 e. The number of rotatable bonds is 3. The highest BCUT2D eigenvalue weighted by Gasteiger charge is 2.41. The van der Waals surface area contributed by atoms with Gasteiger partial charge in [0.25, 0.3) is 0 Å². The van der Waals surface area contributed by atoms with Crippen LogP contribution in [0, 0.1) is 5.41 Å². The van der Waals surface area contributed by atoms with E-state index in [-0.39, 0.29) is 12.1 Å². The van der Waals surface area contributed by atoms with Gasteiger partial charge in [-0.1, -0.05) is 0 Å². The molecule has 16 heavy (non-hydrogen) atoms. The van der Waals surface area contributed by atoms with Gasteiger partial charge in [0.05, 0.1) is 5.41 Å². The first-order valence-electron chi connectivity index (χ1n) is 6.26. The first-order valence-corrected chi connectivity index (χ1v) is 6.26. The lowest BCUT2D eigenvalue weighted by molar-refractivity contribution is -0.166. The number of esters is 1. The molecule has 4 nitrogen and oxygen atoms in total. The van der Waals surface area contributed by atoms with Crippen molar-refractivity contribution in [1.82, 2.24) is 0 Å². The van der Waals surface area contributed by atoms with Crippen LogP contribution in [0.3, 0.4) is 0 Å². The van der Waals surface area contributed by atoms with Crippen LogP contribution in [0.1, 0.15) is 38.5 Å². The Morgan fingerprint density at radius 1 is 1.31 bits per heavy atom. The Balaban J connectivity index is 1.94. The highest BCUT2D eigenvalue weighted by atomic mass is 16.5. The topological polar surface area (TPSA) is 61.6 Å². The maximum atomic E-state index is 12.1. The molecular weight excluding hydrogens is 206 g/mol. The van der Waals surface area contributed by atoms with Gasteiger partial charge in [0.1, 0.15) is 6.10 Å². The van der Waals surface area contributed by atoms with E-state index in [1.165, 1.54) is 12.8 Å². The molecule has 0 spiro atoms. The van der Waals surface area contributed by atoms with Crippen molar-refractivity contribution in [1.29, 1.82) is 0 Å². The van der Waals surface area contributed by atoms with Gasteiger partial charge in [-0.05, 0) is 38.5 Å². The summed E-state index contributed by atoms with van der Waals surface area (Å²) in [4.78, 5) is 12.1. The average Bonchev–Trinajstić information content (AvgIpc) is 2.82. The minimum atomic E-state index is -0.471. The number of nitrogens with two attached hydrogens (primary N) is 1. The van der Waals surface area contributed by atoms with E-state index in [2.05, 4.69) is 0 Å². The van der Waals surface area contributed by atoms with Crippen LogP contribution in [-0.2, 0) is 14.3 Å². The molecule has 2 aliphatic rings. The van der Waals surface area contributed by atoms with Crippen LogP contribution >= 0.6 is 0 Å². The molecule has 0 radical (unpaired) electrons. The second-order valence-electron chi connectivity index (χ2n) is 4.91. The third-order valence-corrected chi connectivity index (χ3v) is 3.85. The van der Waals surface area contributed by atoms with Gasteiger partial charge in [-0.3, -0.25) is 4.79 Å². The van der Waals surface area contributed by atoms with Gasteiger partial charge in [-0.2, -0.15) is 0 Å². The summed E-state index contributed by atoms with van der Waals surface area (Å²) in [5.74, 6) is -0.0924. The number of hydrogen-bond acceptors (Lipinski definition) is 4. The molecule has 0 bridgehead atoms. The molecule has 1 heterocycles. The van der Waals surface area contributed by atoms with Gasteiger partial charge < -0.3 is 15.2 Å². The molecule has 4 heteroatoms. The van der Waals surface area contributed by atoms with Gasteiger partial charge in [-0.15, -0.1) is 0 Å². The van der Waals surface area contributed by atoms with Crippen LogP contribution in [-0.4, -0.2) is 31.8 Å². The summed E-state index contributed by atoms with van der Waals surface area (Å²) in [6.07, 6.45) is 5.93. The van der Waals surface area contributed by atoms with E-state index in [0.29, 0.717) is 32.6 Å². The fraction of sp³-hybridized carbons (Fsp3) is 0.917. The minimum Gasteiger partial charge on any atom is -0.462 e. The van der Waals surface area contributed by atoms with E-state index in [4.69, 9.17) is 15.2 Å².